The molecule has 9 aromatic carbocycles. The van der Waals surface area contributed by atoms with Gasteiger partial charge in [0.1, 0.15) is 34.7 Å². The molecule has 0 aliphatic rings. The van der Waals surface area contributed by atoms with Crippen LogP contribution >= 0.6 is 15.9 Å². The first-order valence-electron chi connectivity index (χ1n) is 34.5. The maximum absolute atomic E-state index is 14.7. The SMILES string of the molecule is COC(=O)c1ccc(CBr)cc1.[C-]#[N+]C(c1cc(F)cc(OC(F)(F)C(F)F)c1)c1ccc(F)c(OC(C)C)c1.[C-]#[N+][C@@](Cc1ccc(C(=O)OC)cc1)(c1cc(F)cc(OC(F)(F)C(F)F)c1)c1ccc(F)c(OC(C)C)c1.[C-]#[N+][C@](Cc1ccc(C(=O)OC)cc1)(c1cc(F)cc(OC(F)(F)C(F)F)c1)c1ccc(F)c(OC(C)C)c1. The summed E-state index contributed by atoms with van der Waals surface area (Å²) in [4.78, 5) is 45.3. The van der Waals surface area contributed by atoms with Crippen molar-refractivity contribution in [1.82, 2.24) is 0 Å². The number of carbonyl (C=O) groups is 3. The fraction of sp³-hybridized carbons (Fsp3) is 0.286. The van der Waals surface area contributed by atoms with Crippen LogP contribution < -0.4 is 28.4 Å². The average Bonchev–Trinajstić information content (AvgIpc) is 0.803. The van der Waals surface area contributed by atoms with Crippen molar-refractivity contribution in [2.24, 2.45) is 0 Å². The summed E-state index contributed by atoms with van der Waals surface area (Å²) in [6.45, 7) is 33.5. The molecule has 0 aliphatic carbocycles. The van der Waals surface area contributed by atoms with Crippen molar-refractivity contribution < 1.29 is 136 Å². The van der Waals surface area contributed by atoms with Gasteiger partial charge in [0.25, 0.3) is 17.1 Å². The number of carbonyl (C=O) groups excluding carboxylic acids is 3. The number of alkyl halides is 13. The summed E-state index contributed by atoms with van der Waals surface area (Å²) < 4.78 is 285. The molecule has 0 aliphatic heterocycles. The van der Waals surface area contributed by atoms with Crippen LogP contribution in [0.5, 0.6) is 34.5 Å². The summed E-state index contributed by atoms with van der Waals surface area (Å²) in [7, 11) is 3.78. The van der Waals surface area contributed by atoms with Crippen LogP contribution in [0.1, 0.15) is 129 Å². The second-order valence-corrected chi connectivity index (χ2v) is 26.5. The molecule has 0 bridgehead atoms. The van der Waals surface area contributed by atoms with Gasteiger partial charge in [0.05, 0.1) is 69.2 Å². The Labute approximate surface area is 673 Å². The predicted octanol–water partition coefficient (Wildman–Crippen LogP) is 22.7. The largest absolute Gasteiger partial charge is 0.488 e. The highest BCUT2D eigenvalue weighted by Gasteiger charge is 2.49. The Balaban J connectivity index is 0.000000259. The smallest absolute Gasteiger partial charge is 0.461 e. The van der Waals surface area contributed by atoms with Crippen LogP contribution in [0.25, 0.3) is 14.5 Å². The number of rotatable bonds is 29. The Morgan fingerprint density at radius 3 is 0.975 bits per heavy atom. The van der Waals surface area contributed by atoms with Gasteiger partial charge >= 0.3 is 55.5 Å². The first-order valence-corrected chi connectivity index (χ1v) is 35.6. The molecule has 15 nitrogen and oxygen atoms in total. The lowest BCUT2D eigenvalue weighted by Crippen LogP contribution is -2.34. The number of benzene rings is 9. The molecule has 9 rings (SSSR count). The molecule has 118 heavy (non-hydrogen) atoms. The van der Waals surface area contributed by atoms with Crippen LogP contribution in [-0.2, 0) is 43.5 Å². The molecule has 0 fully saturated rings. The molecule has 626 valence electrons. The maximum Gasteiger partial charge on any atom is 0.461 e. The Kier molecular flexibility index (Phi) is 33.4. The van der Waals surface area contributed by atoms with Crippen LogP contribution in [0, 0.1) is 54.6 Å². The van der Waals surface area contributed by atoms with E-state index in [1.807, 2.05) is 12.1 Å². The van der Waals surface area contributed by atoms with Gasteiger partial charge < -0.3 is 47.5 Å². The van der Waals surface area contributed by atoms with E-state index in [1.54, 1.807) is 53.7 Å². The highest BCUT2D eigenvalue weighted by Crippen LogP contribution is 2.45. The molecule has 3 atom stereocenters. The van der Waals surface area contributed by atoms with E-state index in [0.717, 1.165) is 65.5 Å². The monoisotopic (exact) mass is 1730 g/mol. The van der Waals surface area contributed by atoms with Crippen LogP contribution in [0.4, 0.5) is 79.0 Å². The van der Waals surface area contributed by atoms with Gasteiger partial charge in [0.2, 0.25) is 0 Å². The van der Waals surface area contributed by atoms with Gasteiger partial charge in [-0.05, 0) is 186 Å². The molecule has 0 amide bonds. The van der Waals surface area contributed by atoms with Crippen molar-refractivity contribution in [2.75, 3.05) is 21.3 Å². The Morgan fingerprint density at radius 1 is 0.373 bits per heavy atom. The Morgan fingerprint density at radius 2 is 0.678 bits per heavy atom. The predicted molar refractivity (Wildman–Crippen MR) is 397 cm³/mol. The summed E-state index contributed by atoms with van der Waals surface area (Å²) in [5, 5.41) is 0.800. The van der Waals surface area contributed by atoms with Crippen LogP contribution in [-0.4, -0.2) is 95.2 Å². The van der Waals surface area contributed by atoms with E-state index >= 15 is 0 Å². The standard InChI is InChI=1S/2C28H23F6NO4.C19H15F6NO2.C9H9BrO2/c2*1-16(2)38-24-13-19(9-10-23(24)30)27(35-3,15-17-5-7-18(8-6-17)25(36)37-4)20-11-21(29)14-22(12-20)39-28(33,34)26(31)32;1-10(2)27-16-8-11(4-5-15(16)21)17(26-3)12-6-13(20)9-14(7-12)28-19(24,25)18(22)23;1-12-9(11)8-4-2-7(6-10)3-5-8/h2*5-14,16,26H,15H2,1-2,4H3;4-10,17-18H,1-2H3;2-5H,6H2,1H3/t2*27-;;/m10../s1. The van der Waals surface area contributed by atoms with Gasteiger partial charge in [-0.25, -0.2) is 60.4 Å². The lowest BCUT2D eigenvalue weighted by Gasteiger charge is -2.25. The fourth-order valence-corrected chi connectivity index (χ4v) is 11.4. The highest BCUT2D eigenvalue weighted by molar-refractivity contribution is 9.08. The molecule has 0 saturated heterocycles. The second kappa shape index (κ2) is 41.6. The van der Waals surface area contributed by atoms with Gasteiger partial charge in [0.15, 0.2) is 34.7 Å². The summed E-state index contributed by atoms with van der Waals surface area (Å²) in [5.41, 5.74) is -0.934. The summed E-state index contributed by atoms with van der Waals surface area (Å²) in [6.07, 6.45) is -28.9. The van der Waals surface area contributed by atoms with Gasteiger partial charge in [-0.2, -0.15) is 52.7 Å². The minimum absolute atomic E-state index is 0.101. The van der Waals surface area contributed by atoms with Crippen LogP contribution in [0.3, 0.4) is 0 Å². The van der Waals surface area contributed by atoms with Gasteiger partial charge in [-0.15, -0.1) is 0 Å². The molecule has 0 heterocycles. The Bertz CT molecular complexity index is 4850. The molecular weight excluding hydrogens is 1660 g/mol. The third kappa shape index (κ3) is 25.4. The number of ether oxygens (including phenoxy) is 9. The van der Waals surface area contributed by atoms with Crippen molar-refractivity contribution in [3.05, 3.63) is 318 Å². The molecule has 9 aromatic rings. The summed E-state index contributed by atoms with van der Waals surface area (Å²) in [5.74, 6) is -10.3. The van der Waals surface area contributed by atoms with E-state index in [-0.39, 0.29) is 86.7 Å². The number of hydrogen-bond donors (Lipinski definition) is 0. The van der Waals surface area contributed by atoms with E-state index < -0.39 is 131 Å². The maximum atomic E-state index is 14.7. The molecular formula is C84H70BrF18N3O12. The van der Waals surface area contributed by atoms with Crippen molar-refractivity contribution in [3.63, 3.8) is 0 Å². The van der Waals surface area contributed by atoms with Gasteiger partial charge in [-0.3, -0.25) is 9.69 Å². The molecule has 0 saturated carbocycles. The number of methoxy groups -OCH3 is 3. The minimum atomic E-state index is -4.93. The quantitative estimate of drug-likeness (QED) is 0.0144. The number of esters is 3. The molecule has 34 heteroatoms. The first-order chi connectivity index (χ1) is 55.4. The zero-order valence-corrected chi connectivity index (χ0v) is 65.0. The minimum Gasteiger partial charge on any atom is -0.488 e. The highest BCUT2D eigenvalue weighted by atomic mass is 79.9. The zero-order chi connectivity index (χ0) is 87.9. The molecule has 0 radical (unpaired) electrons. The van der Waals surface area contributed by atoms with Crippen molar-refractivity contribution >= 4 is 33.8 Å². The molecule has 0 aromatic heterocycles. The number of nitrogens with zero attached hydrogens (tertiary/aromatic N) is 3. The van der Waals surface area contributed by atoms with E-state index in [2.05, 4.69) is 58.9 Å². The lowest BCUT2D eigenvalue weighted by atomic mass is 9.78. The third-order valence-electron chi connectivity index (χ3n) is 16.3. The van der Waals surface area contributed by atoms with Gasteiger partial charge in [-0.1, -0.05) is 52.3 Å². The molecule has 0 N–H and O–H groups in total. The van der Waals surface area contributed by atoms with E-state index in [1.165, 1.54) is 106 Å². The lowest BCUT2D eigenvalue weighted by molar-refractivity contribution is -0.253. The first kappa shape index (κ1) is 94.7. The second-order valence-electron chi connectivity index (χ2n) is 26.0. The van der Waals surface area contributed by atoms with Crippen LogP contribution in [0.2, 0.25) is 0 Å². The van der Waals surface area contributed by atoms with E-state index in [0.29, 0.717) is 34.9 Å². The zero-order valence-electron chi connectivity index (χ0n) is 63.4. The van der Waals surface area contributed by atoms with Crippen molar-refractivity contribution in [1.29, 1.82) is 0 Å². The number of hydrogen-bond acceptors (Lipinski definition) is 12. The van der Waals surface area contributed by atoms with Crippen LogP contribution in [0.15, 0.2) is 182 Å². The van der Waals surface area contributed by atoms with E-state index in [4.69, 9.17) is 33.9 Å². The van der Waals surface area contributed by atoms with Crippen molar-refractivity contribution in [3.8, 4) is 34.5 Å². The molecule has 0 spiro atoms. The third-order valence-corrected chi connectivity index (χ3v) is 17.0. The normalized spacial score (nSPS) is 12.6. The average molecular weight is 1740 g/mol. The fourth-order valence-electron chi connectivity index (χ4n) is 11.0. The van der Waals surface area contributed by atoms with Gasteiger partial charge in [0, 0.05) is 56.9 Å². The summed E-state index contributed by atoms with van der Waals surface area (Å²) in [6, 6.07) is 35.0. The molecule has 1 unspecified atom stereocenters. The van der Waals surface area contributed by atoms with E-state index in [9.17, 15) is 93.4 Å². The summed E-state index contributed by atoms with van der Waals surface area (Å²) >= 11 is 3.32. The number of halogens is 19. The Hall–Kier alpha value is -12.1. The topological polar surface area (TPSA) is 147 Å². The van der Waals surface area contributed by atoms with Crippen molar-refractivity contribution in [2.45, 2.75) is 133 Å².